The third kappa shape index (κ3) is 2.78. The first kappa shape index (κ1) is 14.0. The lowest BCUT2D eigenvalue weighted by atomic mass is 10.2. The van der Waals surface area contributed by atoms with Crippen LogP contribution < -0.4 is 11.1 Å². The molecule has 1 heterocycles. The molecule has 1 aliphatic rings. The molecular weight excluding hydrogens is 266 g/mol. The van der Waals surface area contributed by atoms with Gasteiger partial charge in [-0.1, -0.05) is 6.07 Å². The van der Waals surface area contributed by atoms with E-state index in [0.717, 1.165) is 0 Å². The van der Waals surface area contributed by atoms with Gasteiger partial charge in [-0.2, -0.15) is 4.31 Å². The highest BCUT2D eigenvalue weighted by Gasteiger charge is 2.35. The molecule has 0 atom stereocenters. The summed E-state index contributed by atoms with van der Waals surface area (Å²) in [6.07, 6.45) is 0. The van der Waals surface area contributed by atoms with Gasteiger partial charge in [0.25, 0.3) is 0 Å². The summed E-state index contributed by atoms with van der Waals surface area (Å²) in [6.45, 7) is 3.78. The van der Waals surface area contributed by atoms with Gasteiger partial charge in [0, 0.05) is 31.7 Å². The van der Waals surface area contributed by atoms with Crippen LogP contribution in [0.4, 0.5) is 5.69 Å². The molecule has 1 aromatic rings. The molecule has 0 aliphatic carbocycles. The average Bonchev–Trinajstić information content (AvgIpc) is 2.26. The number of hydrogen-bond acceptors (Lipinski definition) is 4. The van der Waals surface area contributed by atoms with Crippen LogP contribution in [0.5, 0.6) is 0 Å². The molecule has 0 bridgehead atoms. The zero-order valence-corrected chi connectivity index (χ0v) is 11.7. The van der Waals surface area contributed by atoms with Crippen molar-refractivity contribution in [2.24, 2.45) is 5.73 Å². The van der Waals surface area contributed by atoms with E-state index in [4.69, 9.17) is 5.73 Å². The molecule has 2 rings (SSSR count). The van der Waals surface area contributed by atoms with Crippen molar-refractivity contribution in [1.29, 1.82) is 0 Å². The smallest absolute Gasteiger partial charge is 0.243 e. The summed E-state index contributed by atoms with van der Waals surface area (Å²) in [7, 11) is -3.52. The molecular formula is C12H17N3O3S. The summed E-state index contributed by atoms with van der Waals surface area (Å²) in [5.74, 6) is -0.238. The molecule has 19 heavy (non-hydrogen) atoms. The summed E-state index contributed by atoms with van der Waals surface area (Å²) in [5, 5.41) is 2.58. The number of sulfonamides is 1. The molecule has 1 aromatic carbocycles. The number of aryl methyl sites for hydroxylation is 1. The standard InChI is InChI=1S/C12H17N3O3S/c1-8-3-4-11(14-9(2)16)5-12(8)19(17,18)15-6-10(13)7-15/h3-5,10H,6-7,13H2,1-2H3,(H,14,16). The van der Waals surface area contributed by atoms with Gasteiger partial charge in [0.05, 0.1) is 4.90 Å². The topological polar surface area (TPSA) is 92.5 Å². The Hall–Kier alpha value is -1.44. The van der Waals surface area contributed by atoms with Crippen molar-refractivity contribution in [1.82, 2.24) is 4.31 Å². The van der Waals surface area contributed by atoms with E-state index in [1.807, 2.05) is 0 Å². The highest BCUT2D eigenvalue weighted by Crippen LogP contribution is 2.26. The lowest BCUT2D eigenvalue weighted by Gasteiger charge is -2.35. The Morgan fingerprint density at radius 2 is 2.05 bits per heavy atom. The van der Waals surface area contributed by atoms with Gasteiger partial charge in [0.15, 0.2) is 0 Å². The van der Waals surface area contributed by atoms with Crippen LogP contribution in [0.2, 0.25) is 0 Å². The van der Waals surface area contributed by atoms with Crippen molar-refractivity contribution >= 4 is 21.6 Å². The van der Waals surface area contributed by atoms with Gasteiger partial charge >= 0.3 is 0 Å². The molecule has 1 aliphatic heterocycles. The average molecular weight is 283 g/mol. The molecule has 7 heteroatoms. The fourth-order valence-corrected chi connectivity index (χ4v) is 3.77. The minimum absolute atomic E-state index is 0.0893. The van der Waals surface area contributed by atoms with Crippen LogP contribution in [0.25, 0.3) is 0 Å². The predicted molar refractivity (Wildman–Crippen MR) is 72.2 cm³/mol. The molecule has 0 saturated carbocycles. The Labute approximate surface area is 112 Å². The number of carbonyl (C=O) groups excluding carboxylic acids is 1. The molecule has 104 valence electrons. The maximum absolute atomic E-state index is 12.4. The van der Waals surface area contributed by atoms with Crippen molar-refractivity contribution in [2.75, 3.05) is 18.4 Å². The fraction of sp³-hybridized carbons (Fsp3) is 0.417. The summed E-state index contributed by atoms with van der Waals surface area (Å²) < 4.78 is 26.1. The number of nitrogens with two attached hydrogens (primary N) is 1. The van der Waals surface area contributed by atoms with E-state index in [0.29, 0.717) is 24.3 Å². The third-order valence-electron chi connectivity index (χ3n) is 3.00. The Balaban J connectivity index is 2.35. The molecule has 0 radical (unpaired) electrons. The number of rotatable bonds is 3. The van der Waals surface area contributed by atoms with Crippen LogP contribution in [0.15, 0.2) is 23.1 Å². The van der Waals surface area contributed by atoms with Crippen LogP contribution >= 0.6 is 0 Å². The van der Waals surface area contributed by atoms with Gasteiger partial charge < -0.3 is 11.1 Å². The first-order valence-corrected chi connectivity index (χ1v) is 7.38. The zero-order valence-electron chi connectivity index (χ0n) is 10.9. The molecule has 0 spiro atoms. The summed E-state index contributed by atoms with van der Waals surface area (Å²) >= 11 is 0. The monoisotopic (exact) mass is 283 g/mol. The van der Waals surface area contributed by atoms with Crippen molar-refractivity contribution in [2.45, 2.75) is 24.8 Å². The van der Waals surface area contributed by atoms with E-state index in [-0.39, 0.29) is 16.8 Å². The van der Waals surface area contributed by atoms with Crippen molar-refractivity contribution in [3.63, 3.8) is 0 Å². The number of carbonyl (C=O) groups is 1. The number of anilines is 1. The second-order valence-electron chi connectivity index (χ2n) is 4.74. The Kier molecular flexibility index (Phi) is 3.62. The number of nitrogens with one attached hydrogen (secondary N) is 1. The second-order valence-corrected chi connectivity index (χ2v) is 6.65. The molecule has 3 N–H and O–H groups in total. The molecule has 0 aromatic heterocycles. The Morgan fingerprint density at radius 3 is 2.58 bits per heavy atom. The minimum atomic E-state index is -3.52. The first-order chi connectivity index (χ1) is 8.80. The summed E-state index contributed by atoms with van der Waals surface area (Å²) in [6, 6.07) is 4.75. The predicted octanol–water partition coefficient (Wildman–Crippen LogP) is 0.285. The number of amides is 1. The van der Waals surface area contributed by atoms with Gasteiger partial charge in [-0.15, -0.1) is 0 Å². The van der Waals surface area contributed by atoms with E-state index >= 15 is 0 Å². The molecule has 1 saturated heterocycles. The quantitative estimate of drug-likeness (QED) is 0.833. The normalized spacial score (nSPS) is 17.0. The highest BCUT2D eigenvalue weighted by molar-refractivity contribution is 7.89. The van der Waals surface area contributed by atoms with Crippen molar-refractivity contribution in [3.05, 3.63) is 23.8 Å². The van der Waals surface area contributed by atoms with E-state index in [2.05, 4.69) is 5.32 Å². The maximum atomic E-state index is 12.4. The minimum Gasteiger partial charge on any atom is -0.326 e. The lowest BCUT2D eigenvalue weighted by molar-refractivity contribution is -0.114. The molecule has 1 amide bonds. The van der Waals surface area contributed by atoms with Crippen molar-refractivity contribution < 1.29 is 13.2 Å². The highest BCUT2D eigenvalue weighted by atomic mass is 32.2. The van der Waals surface area contributed by atoms with Crippen molar-refractivity contribution in [3.8, 4) is 0 Å². The van der Waals surface area contributed by atoms with Crippen LogP contribution in [0.1, 0.15) is 12.5 Å². The maximum Gasteiger partial charge on any atom is 0.243 e. The van der Waals surface area contributed by atoms with E-state index in [1.54, 1.807) is 19.1 Å². The summed E-state index contributed by atoms with van der Waals surface area (Å²) in [5.41, 5.74) is 6.74. The third-order valence-corrected chi connectivity index (χ3v) is 4.98. The van der Waals surface area contributed by atoms with E-state index in [1.165, 1.54) is 17.3 Å². The van der Waals surface area contributed by atoms with Gasteiger partial charge in [-0.3, -0.25) is 4.79 Å². The lowest BCUT2D eigenvalue weighted by Crippen LogP contribution is -2.57. The van der Waals surface area contributed by atoms with Crippen LogP contribution in [0, 0.1) is 6.92 Å². The molecule has 6 nitrogen and oxygen atoms in total. The molecule has 0 unspecified atom stereocenters. The molecule has 1 fully saturated rings. The SMILES string of the molecule is CC(=O)Nc1ccc(C)c(S(=O)(=O)N2CC(N)C2)c1. The van der Waals surface area contributed by atoms with Crippen LogP contribution in [0.3, 0.4) is 0 Å². The largest absolute Gasteiger partial charge is 0.326 e. The van der Waals surface area contributed by atoms with E-state index in [9.17, 15) is 13.2 Å². The second kappa shape index (κ2) is 4.92. The Bertz CT molecular complexity index is 607. The summed E-state index contributed by atoms with van der Waals surface area (Å²) in [4.78, 5) is 11.2. The first-order valence-electron chi connectivity index (χ1n) is 5.94. The number of nitrogens with zero attached hydrogens (tertiary/aromatic N) is 1. The number of hydrogen-bond donors (Lipinski definition) is 2. The van der Waals surface area contributed by atoms with Gasteiger partial charge in [0.2, 0.25) is 15.9 Å². The zero-order chi connectivity index (χ0) is 14.2. The van der Waals surface area contributed by atoms with Gasteiger partial charge in [-0.25, -0.2) is 8.42 Å². The van der Waals surface area contributed by atoms with Gasteiger partial charge in [0.1, 0.15) is 0 Å². The fourth-order valence-electron chi connectivity index (χ4n) is 1.96. The number of benzene rings is 1. The Morgan fingerprint density at radius 1 is 1.42 bits per heavy atom. The van der Waals surface area contributed by atoms with E-state index < -0.39 is 10.0 Å². The van der Waals surface area contributed by atoms with Crippen LogP contribution in [-0.2, 0) is 14.8 Å². The van der Waals surface area contributed by atoms with Crippen LogP contribution in [-0.4, -0.2) is 37.8 Å². The van der Waals surface area contributed by atoms with Gasteiger partial charge in [-0.05, 0) is 24.6 Å².